The van der Waals surface area contributed by atoms with Gasteiger partial charge >= 0.3 is 0 Å². The van der Waals surface area contributed by atoms with Gasteiger partial charge in [0.2, 0.25) is 0 Å². The SMILES string of the molecule is CCN(CC)c1cc(C)c2cc(NC(=O)c3ccc(F)c(Cl)c3)ccc2n1. The van der Waals surface area contributed by atoms with E-state index in [0.29, 0.717) is 11.3 Å². The molecule has 3 aromatic rings. The van der Waals surface area contributed by atoms with Gasteiger partial charge < -0.3 is 10.2 Å². The number of halogens is 2. The minimum atomic E-state index is -0.551. The van der Waals surface area contributed by atoms with E-state index in [4.69, 9.17) is 16.6 Å². The fourth-order valence-corrected chi connectivity index (χ4v) is 3.19. The summed E-state index contributed by atoms with van der Waals surface area (Å²) >= 11 is 5.76. The van der Waals surface area contributed by atoms with Crippen molar-refractivity contribution < 1.29 is 9.18 Å². The third-order valence-corrected chi connectivity index (χ3v) is 4.82. The summed E-state index contributed by atoms with van der Waals surface area (Å²) in [6.45, 7) is 8.02. The van der Waals surface area contributed by atoms with Gasteiger partial charge in [0.15, 0.2) is 0 Å². The van der Waals surface area contributed by atoms with E-state index in [1.807, 2.05) is 25.1 Å². The van der Waals surface area contributed by atoms with Crippen LogP contribution in [0.4, 0.5) is 15.9 Å². The molecule has 0 aliphatic rings. The molecule has 0 saturated carbocycles. The number of amides is 1. The highest BCUT2D eigenvalue weighted by molar-refractivity contribution is 6.31. The Bertz CT molecular complexity index is 1000. The number of anilines is 2. The van der Waals surface area contributed by atoms with Gasteiger partial charge in [0.25, 0.3) is 5.91 Å². The number of hydrogen-bond acceptors (Lipinski definition) is 3. The third-order valence-electron chi connectivity index (χ3n) is 4.53. The number of benzene rings is 2. The van der Waals surface area contributed by atoms with E-state index in [-0.39, 0.29) is 10.9 Å². The Morgan fingerprint density at radius 1 is 1.15 bits per heavy atom. The molecular weight excluding hydrogens is 365 g/mol. The molecule has 0 saturated heterocycles. The molecule has 1 N–H and O–H groups in total. The Morgan fingerprint density at radius 3 is 2.56 bits per heavy atom. The lowest BCUT2D eigenvalue weighted by molar-refractivity contribution is 0.102. The zero-order valence-electron chi connectivity index (χ0n) is 15.5. The first-order valence-electron chi connectivity index (χ1n) is 8.85. The van der Waals surface area contributed by atoms with Crippen LogP contribution in [0.3, 0.4) is 0 Å². The van der Waals surface area contributed by atoms with Crippen molar-refractivity contribution in [3.8, 4) is 0 Å². The number of carbonyl (C=O) groups excluding carboxylic acids is 1. The second kappa shape index (κ2) is 7.92. The maximum atomic E-state index is 13.3. The molecule has 4 nitrogen and oxygen atoms in total. The predicted octanol–water partition coefficient (Wildman–Crippen LogP) is 5.43. The molecule has 0 unspecified atom stereocenters. The molecule has 0 aliphatic carbocycles. The summed E-state index contributed by atoms with van der Waals surface area (Å²) in [5, 5.41) is 3.72. The van der Waals surface area contributed by atoms with Gasteiger partial charge in [-0.2, -0.15) is 0 Å². The number of nitrogens with zero attached hydrogens (tertiary/aromatic N) is 2. The maximum absolute atomic E-state index is 13.3. The average molecular weight is 386 g/mol. The Morgan fingerprint density at radius 2 is 1.89 bits per heavy atom. The fraction of sp³-hybridized carbons (Fsp3) is 0.238. The highest BCUT2D eigenvalue weighted by Gasteiger charge is 2.11. The molecule has 0 fully saturated rings. The number of aromatic nitrogens is 1. The van der Waals surface area contributed by atoms with Crippen LogP contribution in [0.25, 0.3) is 10.9 Å². The highest BCUT2D eigenvalue weighted by atomic mass is 35.5. The van der Waals surface area contributed by atoms with Crippen LogP contribution >= 0.6 is 11.6 Å². The summed E-state index contributed by atoms with van der Waals surface area (Å²) in [6, 6.07) is 11.6. The van der Waals surface area contributed by atoms with E-state index in [2.05, 4.69) is 30.1 Å². The van der Waals surface area contributed by atoms with Gasteiger partial charge in [-0.1, -0.05) is 11.6 Å². The van der Waals surface area contributed by atoms with Crippen LogP contribution in [-0.4, -0.2) is 24.0 Å². The molecule has 0 aliphatic heterocycles. The van der Waals surface area contributed by atoms with E-state index in [1.54, 1.807) is 0 Å². The first kappa shape index (κ1) is 19.1. The van der Waals surface area contributed by atoms with E-state index in [0.717, 1.165) is 35.4 Å². The number of carbonyl (C=O) groups is 1. The van der Waals surface area contributed by atoms with Crippen molar-refractivity contribution in [2.24, 2.45) is 0 Å². The maximum Gasteiger partial charge on any atom is 0.255 e. The molecule has 6 heteroatoms. The lowest BCUT2D eigenvalue weighted by Gasteiger charge is -2.21. The smallest absolute Gasteiger partial charge is 0.255 e. The molecule has 1 aromatic heterocycles. The van der Waals surface area contributed by atoms with Crippen LogP contribution in [0.1, 0.15) is 29.8 Å². The normalized spacial score (nSPS) is 10.9. The highest BCUT2D eigenvalue weighted by Crippen LogP contribution is 2.26. The zero-order chi connectivity index (χ0) is 19.6. The number of hydrogen-bond donors (Lipinski definition) is 1. The van der Waals surface area contributed by atoms with Gasteiger partial charge in [-0.25, -0.2) is 9.37 Å². The van der Waals surface area contributed by atoms with Crippen molar-refractivity contribution in [3.63, 3.8) is 0 Å². The molecule has 2 aromatic carbocycles. The van der Waals surface area contributed by atoms with Gasteiger partial charge in [-0.3, -0.25) is 4.79 Å². The van der Waals surface area contributed by atoms with Crippen LogP contribution in [0, 0.1) is 12.7 Å². The number of rotatable bonds is 5. The Hall–Kier alpha value is -2.66. The number of nitrogens with one attached hydrogen (secondary N) is 1. The second-order valence-corrected chi connectivity index (χ2v) is 6.69. The van der Waals surface area contributed by atoms with Crippen molar-refractivity contribution in [2.45, 2.75) is 20.8 Å². The molecule has 3 rings (SSSR count). The molecule has 1 amide bonds. The minimum Gasteiger partial charge on any atom is -0.357 e. The van der Waals surface area contributed by atoms with Crippen LogP contribution in [0.2, 0.25) is 5.02 Å². The molecular formula is C21H21ClFN3O. The number of pyridine rings is 1. The number of fused-ring (bicyclic) bond motifs is 1. The molecule has 140 valence electrons. The standard InChI is InChI=1S/C21H21ClFN3O/c1-4-26(5-2)20-10-13(3)16-12-15(7-9-19(16)25-20)24-21(27)14-6-8-18(23)17(22)11-14/h6-12H,4-5H2,1-3H3,(H,24,27). The van der Waals surface area contributed by atoms with Crippen molar-refractivity contribution in [1.29, 1.82) is 0 Å². The average Bonchev–Trinajstić information content (AvgIpc) is 2.65. The van der Waals surface area contributed by atoms with Crippen LogP contribution in [-0.2, 0) is 0 Å². The van der Waals surface area contributed by atoms with E-state index in [1.165, 1.54) is 18.2 Å². The molecule has 0 bridgehead atoms. The van der Waals surface area contributed by atoms with Crippen molar-refractivity contribution in [1.82, 2.24) is 4.98 Å². The summed E-state index contributed by atoms with van der Waals surface area (Å²) < 4.78 is 13.3. The zero-order valence-corrected chi connectivity index (χ0v) is 16.3. The van der Waals surface area contributed by atoms with Gasteiger partial charge in [0.05, 0.1) is 10.5 Å². The Kier molecular flexibility index (Phi) is 5.61. The van der Waals surface area contributed by atoms with Crippen LogP contribution < -0.4 is 10.2 Å². The summed E-state index contributed by atoms with van der Waals surface area (Å²) in [4.78, 5) is 19.3. The third kappa shape index (κ3) is 4.03. The van der Waals surface area contributed by atoms with Crippen molar-refractivity contribution in [2.75, 3.05) is 23.3 Å². The number of aryl methyl sites for hydroxylation is 1. The lowest BCUT2D eigenvalue weighted by atomic mass is 10.1. The molecule has 0 radical (unpaired) electrons. The first-order chi connectivity index (χ1) is 12.9. The van der Waals surface area contributed by atoms with Gasteiger partial charge in [-0.05, 0) is 68.8 Å². The van der Waals surface area contributed by atoms with E-state index in [9.17, 15) is 9.18 Å². The first-order valence-corrected chi connectivity index (χ1v) is 9.23. The molecule has 0 atom stereocenters. The fourth-order valence-electron chi connectivity index (χ4n) is 3.00. The monoisotopic (exact) mass is 385 g/mol. The van der Waals surface area contributed by atoms with Crippen molar-refractivity contribution in [3.05, 3.63) is 64.4 Å². The minimum absolute atomic E-state index is 0.0786. The van der Waals surface area contributed by atoms with Crippen molar-refractivity contribution >= 4 is 39.9 Å². The van der Waals surface area contributed by atoms with Crippen LogP contribution in [0.5, 0.6) is 0 Å². The molecule has 1 heterocycles. The summed E-state index contributed by atoms with van der Waals surface area (Å²) in [5.41, 5.74) is 2.91. The molecule has 0 spiro atoms. The summed E-state index contributed by atoms with van der Waals surface area (Å²) in [7, 11) is 0. The van der Waals surface area contributed by atoms with Gasteiger partial charge in [0.1, 0.15) is 11.6 Å². The lowest BCUT2D eigenvalue weighted by Crippen LogP contribution is -2.23. The summed E-state index contributed by atoms with van der Waals surface area (Å²) in [6.07, 6.45) is 0. The Balaban J connectivity index is 1.90. The second-order valence-electron chi connectivity index (χ2n) is 6.28. The Labute approximate surface area is 163 Å². The van der Waals surface area contributed by atoms with E-state index < -0.39 is 5.82 Å². The van der Waals surface area contributed by atoms with Crippen LogP contribution in [0.15, 0.2) is 42.5 Å². The largest absolute Gasteiger partial charge is 0.357 e. The van der Waals surface area contributed by atoms with Gasteiger partial charge in [-0.15, -0.1) is 0 Å². The van der Waals surface area contributed by atoms with Gasteiger partial charge in [0, 0.05) is 29.7 Å². The molecule has 27 heavy (non-hydrogen) atoms. The van der Waals surface area contributed by atoms with E-state index >= 15 is 0 Å². The topological polar surface area (TPSA) is 45.2 Å². The summed E-state index contributed by atoms with van der Waals surface area (Å²) in [5.74, 6) is 0.0500. The predicted molar refractivity (Wildman–Crippen MR) is 109 cm³/mol. The quantitative estimate of drug-likeness (QED) is 0.636.